The van der Waals surface area contributed by atoms with Crippen molar-refractivity contribution in [1.29, 1.82) is 0 Å². The average molecular weight is 165 g/mol. The van der Waals surface area contributed by atoms with Crippen LogP contribution in [0.5, 0.6) is 0 Å². The molecule has 0 saturated heterocycles. The number of amides is 1. The number of hydrogen-bond acceptors (Lipinski definition) is 2. The fourth-order valence-corrected chi connectivity index (χ4v) is 1.33. The first-order valence-corrected chi connectivity index (χ1v) is 3.97. The van der Waals surface area contributed by atoms with E-state index in [0.29, 0.717) is 0 Å². The second-order valence-electron chi connectivity index (χ2n) is 3.04. The summed E-state index contributed by atoms with van der Waals surface area (Å²) in [5.41, 5.74) is -0.234. The van der Waals surface area contributed by atoms with Gasteiger partial charge in [-0.2, -0.15) is 0 Å². The average Bonchev–Trinajstić information content (AvgIpc) is 1.94. The number of methoxy groups -OCH3 is 1. The van der Waals surface area contributed by atoms with Crippen LogP contribution in [0, 0.1) is 0 Å². The van der Waals surface area contributed by atoms with Gasteiger partial charge in [0.1, 0.15) is 0 Å². The second kappa shape index (κ2) is 3.65. The highest BCUT2D eigenvalue weighted by molar-refractivity contribution is 6.57. The van der Waals surface area contributed by atoms with Gasteiger partial charge in [0, 0.05) is 0 Å². The van der Waals surface area contributed by atoms with Crippen LogP contribution >= 0.6 is 0 Å². The molecule has 1 amide bonds. The lowest BCUT2D eigenvalue weighted by molar-refractivity contribution is 0.221. The molecule has 1 fully saturated rings. The zero-order chi connectivity index (χ0) is 9.03. The van der Waals surface area contributed by atoms with Crippen molar-refractivity contribution in [3.8, 4) is 0 Å². The van der Waals surface area contributed by atoms with Crippen molar-refractivity contribution in [2.45, 2.75) is 24.8 Å². The summed E-state index contributed by atoms with van der Waals surface area (Å²) < 4.78 is 4.78. The maximum Gasteiger partial charge on any atom is 0.200 e. The summed E-state index contributed by atoms with van der Waals surface area (Å²) in [5, 5.41) is 2.70. The van der Waals surface area contributed by atoms with Crippen molar-refractivity contribution in [3.05, 3.63) is 12.3 Å². The zero-order valence-corrected chi connectivity index (χ0v) is 7.17. The van der Waals surface area contributed by atoms with Crippen LogP contribution in [0.25, 0.3) is 0 Å². The molecule has 2 radical (unpaired) electrons. The van der Waals surface area contributed by atoms with E-state index in [0.717, 1.165) is 19.3 Å². The molecule has 1 saturated carbocycles. The molecule has 0 spiro atoms. The Balaban J connectivity index is 2.50. The molecule has 64 valence electrons. The minimum Gasteiger partial charge on any atom is -0.505 e. The summed E-state index contributed by atoms with van der Waals surface area (Å²) in [5.74, 6) is -0.476. The molecule has 1 aliphatic rings. The maximum atomic E-state index is 10.6. The van der Waals surface area contributed by atoms with Gasteiger partial charge in [0.15, 0.2) is 5.81 Å². The lowest BCUT2D eigenvalue weighted by Gasteiger charge is -2.39. The first-order chi connectivity index (χ1) is 5.68. The normalized spacial score (nSPS) is 20.1. The van der Waals surface area contributed by atoms with Crippen molar-refractivity contribution in [2.24, 2.45) is 0 Å². The van der Waals surface area contributed by atoms with Gasteiger partial charge in [-0.05, 0) is 25.3 Å². The summed E-state index contributed by atoms with van der Waals surface area (Å²) in [7, 11) is 6.61. The van der Waals surface area contributed by atoms with Crippen LogP contribution < -0.4 is 5.32 Å². The molecule has 0 unspecified atom stereocenters. The van der Waals surface area contributed by atoms with E-state index in [4.69, 9.17) is 12.6 Å². The first-order valence-electron chi connectivity index (χ1n) is 3.97. The summed E-state index contributed by atoms with van der Waals surface area (Å²) in [6.07, 6.45) is 6.43. The molecular formula is C8H12BNO2. The predicted molar refractivity (Wildman–Crippen MR) is 47.0 cm³/mol. The molecule has 0 heterocycles. The standard InChI is InChI=1S/C8H12BNO2/c1-12-6-5-8(3-2-4-8)10-7(9)11/h5-6H,2-4H2,1H3,(H,10,11). The number of carbonyl (C=O) groups excluding carboxylic acids is 1. The fraction of sp³-hybridized carbons (Fsp3) is 0.625. The molecule has 1 aliphatic carbocycles. The second-order valence-corrected chi connectivity index (χ2v) is 3.04. The van der Waals surface area contributed by atoms with E-state index in [1.165, 1.54) is 0 Å². The van der Waals surface area contributed by atoms with Crippen LogP contribution in [0.3, 0.4) is 0 Å². The van der Waals surface area contributed by atoms with E-state index >= 15 is 0 Å². The highest BCUT2D eigenvalue weighted by Gasteiger charge is 2.34. The summed E-state index contributed by atoms with van der Waals surface area (Å²) >= 11 is 0. The van der Waals surface area contributed by atoms with Gasteiger partial charge in [0.2, 0.25) is 7.85 Å². The predicted octanol–water partition coefficient (Wildman–Crippen LogP) is 0.947. The fourth-order valence-electron chi connectivity index (χ4n) is 1.33. The number of rotatable bonds is 3. The molecule has 1 rings (SSSR count). The quantitative estimate of drug-likeness (QED) is 0.499. The third-order valence-corrected chi connectivity index (χ3v) is 2.14. The Bertz CT molecular complexity index is 199. The number of nitrogens with one attached hydrogen (secondary N) is 1. The van der Waals surface area contributed by atoms with Gasteiger partial charge in [-0.3, -0.25) is 4.79 Å². The number of ether oxygens (including phenoxy) is 1. The molecule has 12 heavy (non-hydrogen) atoms. The van der Waals surface area contributed by atoms with Crippen molar-refractivity contribution in [2.75, 3.05) is 7.11 Å². The van der Waals surface area contributed by atoms with E-state index < -0.39 is 5.81 Å². The molecule has 0 aliphatic heterocycles. The third kappa shape index (κ3) is 2.03. The van der Waals surface area contributed by atoms with E-state index in [2.05, 4.69) is 5.32 Å². The molecule has 3 nitrogen and oxygen atoms in total. The molecule has 0 bridgehead atoms. The number of hydrogen-bond donors (Lipinski definition) is 1. The Morgan fingerprint density at radius 1 is 1.67 bits per heavy atom. The van der Waals surface area contributed by atoms with Crippen LogP contribution in [0.2, 0.25) is 0 Å². The van der Waals surface area contributed by atoms with Crippen molar-refractivity contribution >= 4 is 13.7 Å². The van der Waals surface area contributed by atoms with E-state index in [-0.39, 0.29) is 5.54 Å². The van der Waals surface area contributed by atoms with E-state index in [1.54, 1.807) is 13.4 Å². The summed E-state index contributed by atoms with van der Waals surface area (Å²) in [6.45, 7) is 0. The van der Waals surface area contributed by atoms with Gasteiger partial charge in [0.25, 0.3) is 0 Å². The third-order valence-electron chi connectivity index (χ3n) is 2.14. The topological polar surface area (TPSA) is 38.3 Å². The van der Waals surface area contributed by atoms with Crippen LogP contribution in [0.4, 0.5) is 4.79 Å². The van der Waals surface area contributed by atoms with Gasteiger partial charge in [0.05, 0.1) is 18.9 Å². The molecular weight excluding hydrogens is 153 g/mol. The molecule has 0 atom stereocenters. The van der Waals surface area contributed by atoms with E-state index in [1.807, 2.05) is 6.08 Å². The minimum atomic E-state index is -0.476. The van der Waals surface area contributed by atoms with Gasteiger partial charge in [-0.1, -0.05) is 0 Å². The first kappa shape index (κ1) is 9.17. The largest absolute Gasteiger partial charge is 0.505 e. The van der Waals surface area contributed by atoms with Gasteiger partial charge in [-0.15, -0.1) is 0 Å². The highest BCUT2D eigenvalue weighted by Crippen LogP contribution is 2.32. The molecule has 0 aromatic rings. The molecule has 1 N–H and O–H groups in total. The van der Waals surface area contributed by atoms with Gasteiger partial charge >= 0.3 is 0 Å². The van der Waals surface area contributed by atoms with Crippen LogP contribution in [-0.2, 0) is 4.74 Å². The molecule has 0 aromatic heterocycles. The summed E-state index contributed by atoms with van der Waals surface area (Å²) in [4.78, 5) is 10.6. The van der Waals surface area contributed by atoms with Crippen LogP contribution in [0.15, 0.2) is 12.3 Å². The Morgan fingerprint density at radius 3 is 2.67 bits per heavy atom. The van der Waals surface area contributed by atoms with Crippen LogP contribution in [0.1, 0.15) is 19.3 Å². The van der Waals surface area contributed by atoms with Crippen molar-refractivity contribution in [3.63, 3.8) is 0 Å². The van der Waals surface area contributed by atoms with Gasteiger partial charge < -0.3 is 10.1 Å². The lowest BCUT2D eigenvalue weighted by atomic mass is 9.76. The smallest absolute Gasteiger partial charge is 0.200 e. The molecule has 0 aromatic carbocycles. The van der Waals surface area contributed by atoms with E-state index in [9.17, 15) is 4.79 Å². The van der Waals surface area contributed by atoms with Crippen molar-refractivity contribution in [1.82, 2.24) is 5.32 Å². The Hall–Kier alpha value is -0.925. The highest BCUT2D eigenvalue weighted by atomic mass is 16.5. The Morgan fingerprint density at radius 2 is 2.33 bits per heavy atom. The SMILES string of the molecule is [B]C(=O)NC1(C=COC)CCC1. The lowest BCUT2D eigenvalue weighted by Crippen LogP contribution is -2.51. The Labute approximate surface area is 73.6 Å². The maximum absolute atomic E-state index is 10.6. The van der Waals surface area contributed by atoms with Crippen LogP contribution in [-0.4, -0.2) is 26.3 Å². The van der Waals surface area contributed by atoms with Gasteiger partial charge in [-0.25, -0.2) is 0 Å². The summed E-state index contributed by atoms with van der Waals surface area (Å²) in [6, 6.07) is 0. The minimum absolute atomic E-state index is 0.234. The molecule has 4 heteroatoms. The number of carbonyl (C=O) groups is 1. The van der Waals surface area contributed by atoms with Crippen molar-refractivity contribution < 1.29 is 9.53 Å². The monoisotopic (exact) mass is 165 g/mol. The Kier molecular flexibility index (Phi) is 2.79. The zero-order valence-electron chi connectivity index (χ0n) is 7.17.